The Morgan fingerprint density at radius 1 is 1.60 bits per heavy atom. The van der Waals surface area contributed by atoms with Crippen LogP contribution in [0.15, 0.2) is 30.0 Å². The molecule has 0 bridgehead atoms. The summed E-state index contributed by atoms with van der Waals surface area (Å²) in [6, 6.07) is 1.86. The van der Waals surface area contributed by atoms with Gasteiger partial charge in [0.15, 0.2) is 5.78 Å². The zero-order valence-electron chi connectivity index (χ0n) is 8.51. The summed E-state index contributed by atoms with van der Waals surface area (Å²) >= 11 is 1.62. The number of rotatable bonds is 4. The van der Waals surface area contributed by atoms with Gasteiger partial charge in [-0.25, -0.2) is 4.98 Å². The fourth-order valence-electron chi connectivity index (χ4n) is 1.40. The lowest BCUT2D eigenvalue weighted by molar-refractivity contribution is 0.0988. The lowest BCUT2D eigenvalue weighted by Crippen LogP contribution is -1.97. The molecule has 0 aliphatic carbocycles. The molecule has 0 radical (unpaired) electrons. The van der Waals surface area contributed by atoms with Gasteiger partial charge in [0.05, 0.1) is 6.54 Å². The van der Waals surface area contributed by atoms with Crippen LogP contribution < -0.4 is 0 Å². The van der Waals surface area contributed by atoms with Gasteiger partial charge in [-0.2, -0.15) is 0 Å². The highest BCUT2D eigenvalue weighted by Gasteiger charge is 2.05. The Morgan fingerprint density at radius 3 is 3.13 bits per heavy atom. The molecule has 15 heavy (non-hydrogen) atoms. The summed E-state index contributed by atoms with van der Waals surface area (Å²) in [5.41, 5.74) is 0.786. The largest absolute Gasteiger partial charge is 0.347 e. The summed E-state index contributed by atoms with van der Waals surface area (Å²) in [6.07, 6.45) is 6.15. The molecule has 0 saturated carbocycles. The summed E-state index contributed by atoms with van der Waals surface area (Å²) in [7, 11) is 0. The molecule has 3 nitrogen and oxygen atoms in total. The van der Waals surface area contributed by atoms with E-state index in [0.717, 1.165) is 17.1 Å². The Kier molecular flexibility index (Phi) is 2.97. The summed E-state index contributed by atoms with van der Waals surface area (Å²) in [4.78, 5) is 15.6. The van der Waals surface area contributed by atoms with Crippen LogP contribution in [0, 0.1) is 0 Å². The van der Waals surface area contributed by atoms with Crippen molar-refractivity contribution >= 4 is 17.1 Å². The molecule has 78 valence electrons. The van der Waals surface area contributed by atoms with E-state index in [0.29, 0.717) is 6.42 Å². The van der Waals surface area contributed by atoms with Gasteiger partial charge in [-0.1, -0.05) is 6.92 Å². The molecule has 0 aliphatic rings. The third kappa shape index (κ3) is 2.33. The predicted octanol–water partition coefficient (Wildman–Crippen LogP) is 2.59. The minimum atomic E-state index is 0.188. The standard InChI is InChI=1S/C11H12N2OS/c1-2-10(14)9-3-5-13(7-9)8-11-12-4-6-15-11/h3-7H,2,8H2,1H3. The summed E-state index contributed by atoms with van der Waals surface area (Å²) in [5.74, 6) is 0.188. The lowest BCUT2D eigenvalue weighted by Gasteiger charge is -1.97. The monoisotopic (exact) mass is 220 g/mol. The van der Waals surface area contributed by atoms with Crippen LogP contribution in [0.2, 0.25) is 0 Å². The molecule has 0 fully saturated rings. The number of Topliss-reactive ketones (excluding diaryl/α,β-unsaturated/α-hetero) is 1. The SMILES string of the molecule is CCC(=O)c1ccn(Cc2nccs2)c1. The number of thiazole rings is 1. The van der Waals surface area contributed by atoms with Crippen molar-refractivity contribution in [3.05, 3.63) is 40.6 Å². The van der Waals surface area contributed by atoms with Gasteiger partial charge in [0, 0.05) is 36.0 Å². The van der Waals surface area contributed by atoms with E-state index in [-0.39, 0.29) is 5.78 Å². The highest BCUT2D eigenvalue weighted by molar-refractivity contribution is 7.09. The van der Waals surface area contributed by atoms with E-state index in [1.165, 1.54) is 0 Å². The maximum atomic E-state index is 11.4. The highest BCUT2D eigenvalue weighted by atomic mass is 32.1. The van der Waals surface area contributed by atoms with Gasteiger partial charge < -0.3 is 4.57 Å². The molecule has 0 atom stereocenters. The van der Waals surface area contributed by atoms with Gasteiger partial charge in [0.2, 0.25) is 0 Å². The van der Waals surface area contributed by atoms with Crippen LogP contribution in [-0.4, -0.2) is 15.3 Å². The molecular formula is C11H12N2OS. The first-order chi connectivity index (χ1) is 7.29. The molecule has 2 heterocycles. The Balaban J connectivity index is 2.11. The van der Waals surface area contributed by atoms with Gasteiger partial charge >= 0.3 is 0 Å². The fourth-order valence-corrected chi connectivity index (χ4v) is 2.02. The second-order valence-corrected chi connectivity index (χ2v) is 4.25. The van der Waals surface area contributed by atoms with Crippen LogP contribution in [0.4, 0.5) is 0 Å². The van der Waals surface area contributed by atoms with E-state index < -0.39 is 0 Å². The van der Waals surface area contributed by atoms with Crippen molar-refractivity contribution in [3.8, 4) is 0 Å². The normalized spacial score (nSPS) is 10.5. The molecule has 0 saturated heterocycles. The zero-order valence-corrected chi connectivity index (χ0v) is 9.33. The van der Waals surface area contributed by atoms with E-state index in [4.69, 9.17) is 0 Å². The maximum absolute atomic E-state index is 11.4. The van der Waals surface area contributed by atoms with Crippen molar-refractivity contribution in [2.24, 2.45) is 0 Å². The summed E-state index contributed by atoms with van der Waals surface area (Å²) in [5, 5.41) is 3.01. The van der Waals surface area contributed by atoms with Crippen molar-refractivity contribution in [3.63, 3.8) is 0 Å². The first kappa shape index (κ1) is 10.1. The Bertz CT molecular complexity index is 445. The molecule has 2 aromatic rings. The number of carbonyl (C=O) groups is 1. The van der Waals surface area contributed by atoms with Crippen molar-refractivity contribution in [2.75, 3.05) is 0 Å². The molecule has 0 amide bonds. The van der Waals surface area contributed by atoms with Gasteiger partial charge in [-0.05, 0) is 6.07 Å². The number of nitrogens with zero attached hydrogens (tertiary/aromatic N) is 2. The van der Waals surface area contributed by atoms with E-state index >= 15 is 0 Å². The molecule has 0 N–H and O–H groups in total. The van der Waals surface area contributed by atoms with Crippen LogP contribution >= 0.6 is 11.3 Å². The molecule has 2 aromatic heterocycles. The molecule has 2 rings (SSSR count). The molecule has 4 heteroatoms. The molecule has 0 aliphatic heterocycles. The van der Waals surface area contributed by atoms with E-state index in [9.17, 15) is 4.79 Å². The average Bonchev–Trinajstić information content (AvgIpc) is 2.88. The first-order valence-corrected chi connectivity index (χ1v) is 5.75. The Hall–Kier alpha value is -1.42. The summed E-state index contributed by atoms with van der Waals surface area (Å²) < 4.78 is 1.99. The van der Waals surface area contributed by atoms with Crippen molar-refractivity contribution in [2.45, 2.75) is 19.9 Å². The predicted molar refractivity (Wildman–Crippen MR) is 60.3 cm³/mol. The van der Waals surface area contributed by atoms with Crippen molar-refractivity contribution in [1.29, 1.82) is 0 Å². The molecule has 0 unspecified atom stereocenters. The molecular weight excluding hydrogens is 208 g/mol. The number of ketones is 1. The molecule has 0 aromatic carbocycles. The van der Waals surface area contributed by atoms with E-state index in [1.54, 1.807) is 17.5 Å². The van der Waals surface area contributed by atoms with Gasteiger partial charge in [0.25, 0.3) is 0 Å². The highest BCUT2D eigenvalue weighted by Crippen LogP contribution is 2.10. The van der Waals surface area contributed by atoms with E-state index in [2.05, 4.69) is 4.98 Å². The minimum absolute atomic E-state index is 0.188. The number of carbonyl (C=O) groups excluding carboxylic acids is 1. The van der Waals surface area contributed by atoms with Crippen LogP contribution in [0.1, 0.15) is 28.7 Å². The quantitative estimate of drug-likeness (QED) is 0.742. The lowest BCUT2D eigenvalue weighted by atomic mass is 10.2. The topological polar surface area (TPSA) is 34.9 Å². The van der Waals surface area contributed by atoms with Crippen LogP contribution in [-0.2, 0) is 6.54 Å². The van der Waals surface area contributed by atoms with Crippen molar-refractivity contribution in [1.82, 2.24) is 9.55 Å². The van der Waals surface area contributed by atoms with Gasteiger partial charge in [-0.15, -0.1) is 11.3 Å². The number of hydrogen-bond donors (Lipinski definition) is 0. The second kappa shape index (κ2) is 4.40. The van der Waals surface area contributed by atoms with Crippen LogP contribution in [0.25, 0.3) is 0 Å². The third-order valence-corrected chi connectivity index (χ3v) is 2.96. The maximum Gasteiger partial charge on any atom is 0.164 e. The van der Waals surface area contributed by atoms with Crippen LogP contribution in [0.3, 0.4) is 0 Å². The fraction of sp³-hybridized carbons (Fsp3) is 0.273. The average molecular weight is 220 g/mol. The Morgan fingerprint density at radius 2 is 2.47 bits per heavy atom. The smallest absolute Gasteiger partial charge is 0.164 e. The first-order valence-electron chi connectivity index (χ1n) is 4.87. The van der Waals surface area contributed by atoms with E-state index in [1.807, 2.05) is 35.3 Å². The molecule has 0 spiro atoms. The zero-order chi connectivity index (χ0) is 10.7. The second-order valence-electron chi connectivity index (χ2n) is 3.28. The van der Waals surface area contributed by atoms with Crippen molar-refractivity contribution < 1.29 is 4.79 Å². The van der Waals surface area contributed by atoms with Gasteiger partial charge in [-0.3, -0.25) is 4.79 Å². The number of aromatic nitrogens is 2. The third-order valence-electron chi connectivity index (χ3n) is 2.19. The minimum Gasteiger partial charge on any atom is -0.347 e. The number of hydrogen-bond acceptors (Lipinski definition) is 3. The summed E-state index contributed by atoms with van der Waals surface area (Å²) in [6.45, 7) is 2.62. The van der Waals surface area contributed by atoms with Gasteiger partial charge in [0.1, 0.15) is 5.01 Å². The van der Waals surface area contributed by atoms with Crippen LogP contribution in [0.5, 0.6) is 0 Å². The Labute approximate surface area is 92.4 Å².